The summed E-state index contributed by atoms with van der Waals surface area (Å²) in [6.07, 6.45) is 2.30. The molecule has 0 saturated heterocycles. The van der Waals surface area contributed by atoms with Crippen LogP contribution in [0, 0.1) is 0 Å². The van der Waals surface area contributed by atoms with E-state index in [0.29, 0.717) is 0 Å². The summed E-state index contributed by atoms with van der Waals surface area (Å²) in [5, 5.41) is 7.54. The largest absolute Gasteiger partial charge is 0.309 e. The van der Waals surface area contributed by atoms with Gasteiger partial charge in [0.05, 0.1) is 11.0 Å². The van der Waals surface area contributed by atoms with Crippen molar-refractivity contribution in [2.75, 3.05) is 0 Å². The molecule has 0 aliphatic heterocycles. The highest BCUT2D eigenvalue weighted by molar-refractivity contribution is 6.22. The van der Waals surface area contributed by atoms with Gasteiger partial charge in [-0.25, -0.2) is 0 Å². The Morgan fingerprint density at radius 3 is 1.34 bits per heavy atom. The van der Waals surface area contributed by atoms with Gasteiger partial charge < -0.3 is 4.57 Å². The van der Waals surface area contributed by atoms with Crippen LogP contribution in [-0.4, -0.2) is 4.57 Å². The third kappa shape index (κ3) is 5.34. The Bertz CT molecular complexity index is 2850. The minimum Gasteiger partial charge on any atom is -0.309 e. The van der Waals surface area contributed by atoms with Crippen molar-refractivity contribution < 1.29 is 0 Å². The lowest BCUT2D eigenvalue weighted by Crippen LogP contribution is -1.93. The van der Waals surface area contributed by atoms with Gasteiger partial charge in [0.1, 0.15) is 0 Å². The van der Waals surface area contributed by atoms with Crippen LogP contribution >= 0.6 is 0 Å². The Morgan fingerprint density at radius 2 is 0.774 bits per heavy atom. The molecule has 0 bridgehead atoms. The summed E-state index contributed by atoms with van der Waals surface area (Å²) >= 11 is 0. The molecule has 1 heteroatoms. The van der Waals surface area contributed by atoms with Crippen molar-refractivity contribution in [3.05, 3.63) is 223 Å². The highest BCUT2D eigenvalue weighted by Gasteiger charge is 2.19. The SMILES string of the molecule is C(=C(c1ccccc1)c1ccccc1)c1ccc(-c2c3ccccc3c(-c3ccc4c(c3)c3ccccc3n4-c3ccccc3)c3ccccc23)cc1. The lowest BCUT2D eigenvalue weighted by molar-refractivity contribution is 1.18. The van der Waals surface area contributed by atoms with Crippen LogP contribution in [0.5, 0.6) is 0 Å². The molecule has 0 fully saturated rings. The number of fused-ring (bicyclic) bond motifs is 5. The molecule has 0 radical (unpaired) electrons. The number of rotatable bonds is 6. The fourth-order valence-electron chi connectivity index (χ4n) is 8.22. The Hall–Kier alpha value is -6.96. The van der Waals surface area contributed by atoms with Crippen molar-refractivity contribution in [3.8, 4) is 27.9 Å². The van der Waals surface area contributed by atoms with E-state index in [9.17, 15) is 0 Å². The van der Waals surface area contributed by atoms with Gasteiger partial charge in [0.15, 0.2) is 0 Å². The van der Waals surface area contributed by atoms with E-state index in [-0.39, 0.29) is 0 Å². The van der Waals surface area contributed by atoms with Crippen molar-refractivity contribution in [3.63, 3.8) is 0 Å². The van der Waals surface area contributed by atoms with Gasteiger partial charge >= 0.3 is 0 Å². The van der Waals surface area contributed by atoms with Gasteiger partial charge in [-0.2, -0.15) is 0 Å². The molecular formula is C52H35N. The molecular weight excluding hydrogens is 639 g/mol. The fourth-order valence-corrected chi connectivity index (χ4v) is 8.22. The van der Waals surface area contributed by atoms with Crippen LogP contribution < -0.4 is 0 Å². The zero-order valence-corrected chi connectivity index (χ0v) is 29.2. The zero-order valence-electron chi connectivity index (χ0n) is 29.2. The van der Waals surface area contributed by atoms with E-state index in [1.54, 1.807) is 0 Å². The fraction of sp³-hybridized carbons (Fsp3) is 0. The first-order valence-corrected chi connectivity index (χ1v) is 18.3. The summed E-state index contributed by atoms with van der Waals surface area (Å²) in [6.45, 7) is 0. The lowest BCUT2D eigenvalue weighted by atomic mass is 9.85. The molecule has 0 aliphatic carbocycles. The first kappa shape index (κ1) is 30.8. The summed E-state index contributed by atoms with van der Waals surface area (Å²) < 4.78 is 2.38. The Labute approximate surface area is 309 Å². The number of hydrogen-bond acceptors (Lipinski definition) is 0. The van der Waals surface area contributed by atoms with Crippen molar-refractivity contribution in [1.29, 1.82) is 0 Å². The Balaban J connectivity index is 1.15. The molecule has 53 heavy (non-hydrogen) atoms. The number of benzene rings is 9. The van der Waals surface area contributed by atoms with Crippen LogP contribution in [0.15, 0.2) is 206 Å². The average molecular weight is 674 g/mol. The van der Waals surface area contributed by atoms with E-state index in [1.165, 1.54) is 93.6 Å². The molecule has 0 saturated carbocycles. The predicted octanol–water partition coefficient (Wildman–Crippen LogP) is 14.0. The highest BCUT2D eigenvalue weighted by Crippen LogP contribution is 2.45. The topological polar surface area (TPSA) is 4.93 Å². The minimum atomic E-state index is 1.17. The smallest absolute Gasteiger partial charge is 0.0541 e. The van der Waals surface area contributed by atoms with Gasteiger partial charge in [-0.05, 0) is 102 Å². The maximum absolute atomic E-state index is 2.41. The van der Waals surface area contributed by atoms with Gasteiger partial charge in [-0.3, -0.25) is 0 Å². The zero-order chi connectivity index (χ0) is 35.1. The quantitative estimate of drug-likeness (QED) is 0.122. The summed E-state index contributed by atoms with van der Waals surface area (Å²) in [4.78, 5) is 0. The molecule has 0 N–H and O–H groups in total. The minimum absolute atomic E-state index is 1.17. The Kier molecular flexibility index (Phi) is 7.55. The van der Waals surface area contributed by atoms with Crippen LogP contribution in [-0.2, 0) is 0 Å². The van der Waals surface area contributed by atoms with E-state index in [4.69, 9.17) is 0 Å². The third-order valence-electron chi connectivity index (χ3n) is 10.6. The highest BCUT2D eigenvalue weighted by atomic mass is 15.0. The van der Waals surface area contributed by atoms with Gasteiger partial charge in [-0.1, -0.05) is 176 Å². The molecule has 0 atom stereocenters. The van der Waals surface area contributed by atoms with E-state index < -0.39 is 0 Å². The first-order chi connectivity index (χ1) is 26.3. The molecule has 1 aromatic heterocycles. The molecule has 0 unspecified atom stereocenters. The van der Waals surface area contributed by atoms with Crippen LogP contribution in [0.3, 0.4) is 0 Å². The second-order valence-electron chi connectivity index (χ2n) is 13.7. The first-order valence-electron chi connectivity index (χ1n) is 18.3. The van der Waals surface area contributed by atoms with Gasteiger partial charge in [-0.15, -0.1) is 0 Å². The lowest BCUT2D eigenvalue weighted by Gasteiger charge is -2.18. The van der Waals surface area contributed by atoms with Crippen LogP contribution in [0.2, 0.25) is 0 Å². The van der Waals surface area contributed by atoms with Gasteiger partial charge in [0, 0.05) is 16.5 Å². The molecule has 10 aromatic rings. The van der Waals surface area contributed by atoms with Crippen molar-refractivity contribution >= 4 is 55.0 Å². The molecule has 1 nitrogen and oxygen atoms in total. The molecule has 10 rings (SSSR count). The number of aromatic nitrogens is 1. The molecule has 0 aliphatic rings. The normalized spacial score (nSPS) is 11.4. The second-order valence-corrected chi connectivity index (χ2v) is 13.7. The summed E-state index contributed by atoms with van der Waals surface area (Å²) in [7, 11) is 0. The molecule has 0 spiro atoms. The monoisotopic (exact) mass is 673 g/mol. The van der Waals surface area contributed by atoms with Crippen molar-refractivity contribution in [1.82, 2.24) is 4.57 Å². The summed E-state index contributed by atoms with van der Waals surface area (Å²) in [6, 6.07) is 74.7. The summed E-state index contributed by atoms with van der Waals surface area (Å²) in [5.41, 5.74) is 13.4. The molecule has 0 amide bonds. The van der Waals surface area contributed by atoms with Crippen LogP contribution in [0.1, 0.15) is 16.7 Å². The predicted molar refractivity (Wildman–Crippen MR) is 227 cm³/mol. The van der Waals surface area contributed by atoms with Crippen LogP contribution in [0.25, 0.3) is 82.9 Å². The second kappa shape index (κ2) is 13.0. The molecule has 1 heterocycles. The van der Waals surface area contributed by atoms with E-state index in [1.807, 2.05) is 0 Å². The number of para-hydroxylation sites is 2. The maximum Gasteiger partial charge on any atom is 0.0541 e. The van der Waals surface area contributed by atoms with E-state index in [0.717, 1.165) is 0 Å². The van der Waals surface area contributed by atoms with Crippen molar-refractivity contribution in [2.24, 2.45) is 0 Å². The third-order valence-corrected chi connectivity index (χ3v) is 10.6. The number of nitrogens with zero attached hydrogens (tertiary/aromatic N) is 1. The standard InChI is InChI=1S/C52H35N/c1-4-16-37(17-5-1)47(38-18-6-2-7-19-38)34-36-28-30-39(31-29-36)51-43-23-10-12-25-45(43)52(46-26-13-11-24-44(46)51)40-32-33-50-48(35-40)42-22-14-15-27-49(42)53(50)41-20-8-3-9-21-41/h1-35H. The number of hydrogen-bond donors (Lipinski definition) is 0. The molecule has 248 valence electrons. The van der Waals surface area contributed by atoms with E-state index >= 15 is 0 Å². The van der Waals surface area contributed by atoms with E-state index in [2.05, 4.69) is 217 Å². The van der Waals surface area contributed by atoms with Crippen LogP contribution in [0.4, 0.5) is 0 Å². The average Bonchev–Trinajstić information content (AvgIpc) is 3.57. The van der Waals surface area contributed by atoms with Crippen molar-refractivity contribution in [2.45, 2.75) is 0 Å². The summed E-state index contributed by atoms with van der Waals surface area (Å²) in [5.74, 6) is 0. The Morgan fingerprint density at radius 1 is 0.340 bits per heavy atom. The van der Waals surface area contributed by atoms with Gasteiger partial charge in [0.2, 0.25) is 0 Å². The molecule has 9 aromatic carbocycles. The maximum atomic E-state index is 2.41. The van der Waals surface area contributed by atoms with Gasteiger partial charge in [0.25, 0.3) is 0 Å².